The van der Waals surface area contributed by atoms with Crippen LogP contribution in [-0.2, 0) is 0 Å². The molecule has 1 rings (SSSR count). The van der Waals surface area contributed by atoms with Crippen LogP contribution in [-0.4, -0.2) is 10.2 Å². The minimum Gasteiger partial charge on any atom is -0.508 e. The predicted molar refractivity (Wildman–Crippen MR) is 67.4 cm³/mol. The van der Waals surface area contributed by atoms with Crippen LogP contribution in [0.5, 0.6) is 5.75 Å². The fourth-order valence-corrected chi connectivity index (χ4v) is 1.43. The van der Waals surface area contributed by atoms with Crippen molar-refractivity contribution in [2.45, 2.75) is 13.8 Å². The summed E-state index contributed by atoms with van der Waals surface area (Å²) in [5.41, 5.74) is 2.20. The monoisotopic (exact) mass is 216 g/mol. The van der Waals surface area contributed by atoms with Gasteiger partial charge >= 0.3 is 0 Å². The third kappa shape index (κ3) is 2.76. The van der Waals surface area contributed by atoms with E-state index in [-0.39, 0.29) is 11.5 Å². The van der Waals surface area contributed by atoms with Crippen LogP contribution in [0.4, 0.5) is 0 Å². The second-order valence-electron chi connectivity index (χ2n) is 3.63. The van der Waals surface area contributed by atoms with E-state index in [1.807, 2.05) is 6.92 Å². The van der Waals surface area contributed by atoms with Crippen molar-refractivity contribution in [2.75, 3.05) is 0 Å². The Morgan fingerprint density at radius 2 is 2.06 bits per heavy atom. The number of benzene rings is 1. The summed E-state index contributed by atoms with van der Waals surface area (Å²) in [6.07, 6.45) is 5.10. The van der Waals surface area contributed by atoms with Crippen LogP contribution >= 0.6 is 0 Å². The Morgan fingerprint density at radius 1 is 1.38 bits per heavy atom. The molecule has 0 amide bonds. The molecule has 1 aromatic carbocycles. The van der Waals surface area contributed by atoms with Crippen molar-refractivity contribution in [1.82, 2.24) is 0 Å². The number of allylic oxidation sites excluding steroid dienone is 4. The quantitative estimate of drug-likeness (QED) is 0.597. The summed E-state index contributed by atoms with van der Waals surface area (Å²) in [6, 6.07) is 5.06. The summed E-state index contributed by atoms with van der Waals surface area (Å²) in [7, 11) is 0. The van der Waals surface area contributed by atoms with Crippen molar-refractivity contribution in [3.8, 4) is 5.75 Å². The van der Waals surface area contributed by atoms with Crippen LogP contribution in [0.2, 0.25) is 0 Å². The van der Waals surface area contributed by atoms with E-state index in [0.29, 0.717) is 11.1 Å². The van der Waals surface area contributed by atoms with Gasteiger partial charge in [-0.1, -0.05) is 30.9 Å². The molecule has 0 spiro atoms. The van der Waals surface area contributed by atoms with Gasteiger partial charge in [0.1, 0.15) is 11.5 Å². The molecule has 0 aliphatic carbocycles. The highest BCUT2D eigenvalue weighted by molar-refractivity contribution is 5.66. The van der Waals surface area contributed by atoms with Crippen molar-refractivity contribution < 1.29 is 10.2 Å². The van der Waals surface area contributed by atoms with E-state index in [9.17, 15) is 10.2 Å². The zero-order valence-electron chi connectivity index (χ0n) is 9.57. The number of phenolic OH excluding ortho intramolecular Hbond substituents is 1. The van der Waals surface area contributed by atoms with E-state index in [2.05, 4.69) is 6.58 Å². The molecule has 16 heavy (non-hydrogen) atoms. The largest absolute Gasteiger partial charge is 0.508 e. The lowest BCUT2D eigenvalue weighted by Crippen LogP contribution is -1.88. The van der Waals surface area contributed by atoms with Gasteiger partial charge in [0.05, 0.1) is 0 Å². The molecule has 0 saturated heterocycles. The van der Waals surface area contributed by atoms with Crippen LogP contribution in [0.15, 0.2) is 48.6 Å². The Bertz CT molecular complexity index is 454. The molecular weight excluding hydrogens is 200 g/mol. The fourth-order valence-electron chi connectivity index (χ4n) is 1.43. The fraction of sp³-hybridized carbons (Fsp3) is 0.143. The van der Waals surface area contributed by atoms with E-state index < -0.39 is 0 Å². The van der Waals surface area contributed by atoms with E-state index in [1.165, 1.54) is 0 Å². The van der Waals surface area contributed by atoms with Gasteiger partial charge < -0.3 is 10.2 Å². The molecule has 0 aromatic heterocycles. The van der Waals surface area contributed by atoms with E-state index in [0.717, 1.165) is 5.57 Å². The van der Waals surface area contributed by atoms with Gasteiger partial charge in [-0.15, -0.1) is 0 Å². The van der Waals surface area contributed by atoms with E-state index in [1.54, 1.807) is 43.4 Å². The maximum atomic E-state index is 9.90. The molecule has 2 nitrogen and oxygen atoms in total. The third-order valence-corrected chi connectivity index (χ3v) is 2.33. The molecule has 2 N–H and O–H groups in total. The molecule has 0 atom stereocenters. The van der Waals surface area contributed by atoms with Gasteiger partial charge in [-0.05, 0) is 31.6 Å². The summed E-state index contributed by atoms with van der Waals surface area (Å²) < 4.78 is 0. The first kappa shape index (κ1) is 12.1. The molecule has 0 radical (unpaired) electrons. The lowest BCUT2D eigenvalue weighted by molar-refractivity contribution is 0.468. The molecule has 2 heteroatoms. The van der Waals surface area contributed by atoms with Gasteiger partial charge in [0.25, 0.3) is 0 Å². The normalized spacial score (nSPS) is 12.6. The second kappa shape index (κ2) is 5.21. The molecule has 0 aliphatic heterocycles. The number of aliphatic hydroxyl groups excluding tert-OH is 1. The molecular formula is C14H16O2. The van der Waals surface area contributed by atoms with Gasteiger partial charge in [-0.25, -0.2) is 0 Å². The van der Waals surface area contributed by atoms with Crippen LogP contribution in [0.1, 0.15) is 18.1 Å². The number of hydrogen-bond acceptors (Lipinski definition) is 2. The summed E-state index contributed by atoms with van der Waals surface area (Å²) >= 11 is 0. The first-order chi connectivity index (χ1) is 7.56. The summed E-state index contributed by atoms with van der Waals surface area (Å²) in [5.74, 6) is 0.326. The van der Waals surface area contributed by atoms with Crippen molar-refractivity contribution in [3.05, 3.63) is 59.7 Å². The van der Waals surface area contributed by atoms with E-state index in [4.69, 9.17) is 0 Å². The standard InChI is InChI=1S/C14H16O2/c1-4-6-10(2)9-14(16)12-7-5-8-13(15)11(12)3/h4-9,15-16H,1H2,2-3H3/b10-6+,14-9+. The zero-order valence-corrected chi connectivity index (χ0v) is 9.57. The van der Waals surface area contributed by atoms with Crippen molar-refractivity contribution in [1.29, 1.82) is 0 Å². The molecule has 0 fully saturated rings. The lowest BCUT2D eigenvalue weighted by atomic mass is 10.0. The van der Waals surface area contributed by atoms with Crippen LogP contribution in [0.3, 0.4) is 0 Å². The topological polar surface area (TPSA) is 40.5 Å². The van der Waals surface area contributed by atoms with Crippen molar-refractivity contribution in [3.63, 3.8) is 0 Å². The first-order valence-electron chi connectivity index (χ1n) is 5.05. The van der Waals surface area contributed by atoms with Gasteiger partial charge in [0, 0.05) is 11.1 Å². The molecule has 0 unspecified atom stereocenters. The molecule has 84 valence electrons. The minimum atomic E-state index is 0.143. The first-order valence-corrected chi connectivity index (χ1v) is 5.05. The van der Waals surface area contributed by atoms with Crippen molar-refractivity contribution in [2.24, 2.45) is 0 Å². The smallest absolute Gasteiger partial charge is 0.123 e. The number of aromatic hydroxyl groups is 1. The lowest BCUT2D eigenvalue weighted by Gasteiger charge is -2.06. The Balaban J connectivity index is 3.14. The number of phenols is 1. The number of hydrogen-bond donors (Lipinski definition) is 2. The highest BCUT2D eigenvalue weighted by Gasteiger charge is 2.06. The highest BCUT2D eigenvalue weighted by Crippen LogP contribution is 2.24. The Morgan fingerprint density at radius 3 is 2.69 bits per heavy atom. The average molecular weight is 216 g/mol. The second-order valence-corrected chi connectivity index (χ2v) is 3.63. The van der Waals surface area contributed by atoms with Crippen LogP contribution < -0.4 is 0 Å². The third-order valence-electron chi connectivity index (χ3n) is 2.33. The Labute approximate surface area is 95.9 Å². The predicted octanol–water partition coefficient (Wildman–Crippen LogP) is 3.73. The van der Waals surface area contributed by atoms with Gasteiger partial charge in [0.15, 0.2) is 0 Å². The van der Waals surface area contributed by atoms with E-state index >= 15 is 0 Å². The van der Waals surface area contributed by atoms with Gasteiger partial charge in [-0.2, -0.15) is 0 Å². The maximum Gasteiger partial charge on any atom is 0.123 e. The average Bonchev–Trinajstić information content (AvgIpc) is 2.22. The molecule has 0 aliphatic rings. The van der Waals surface area contributed by atoms with Crippen LogP contribution in [0.25, 0.3) is 5.76 Å². The minimum absolute atomic E-state index is 0.143. The molecule has 0 heterocycles. The van der Waals surface area contributed by atoms with Crippen LogP contribution in [0, 0.1) is 6.92 Å². The summed E-state index contributed by atoms with van der Waals surface area (Å²) in [5, 5.41) is 19.4. The molecule has 0 bridgehead atoms. The molecule has 0 saturated carbocycles. The molecule has 1 aromatic rings. The van der Waals surface area contributed by atoms with Crippen molar-refractivity contribution >= 4 is 5.76 Å². The highest BCUT2D eigenvalue weighted by atomic mass is 16.3. The summed E-state index contributed by atoms with van der Waals surface area (Å²) in [4.78, 5) is 0. The zero-order chi connectivity index (χ0) is 12.1. The Kier molecular flexibility index (Phi) is 3.95. The van der Waals surface area contributed by atoms with Gasteiger partial charge in [0.2, 0.25) is 0 Å². The maximum absolute atomic E-state index is 9.90. The number of rotatable bonds is 3. The van der Waals surface area contributed by atoms with Gasteiger partial charge in [-0.3, -0.25) is 0 Å². The Hall–Kier alpha value is -1.96. The summed E-state index contributed by atoms with van der Waals surface area (Å²) in [6.45, 7) is 7.22. The number of aliphatic hydroxyl groups is 1. The SMILES string of the molecule is C=C/C=C(C)/C=C(/O)c1cccc(O)c1C.